The van der Waals surface area contributed by atoms with Crippen molar-refractivity contribution in [2.75, 3.05) is 0 Å². The number of aromatic nitrogens is 2. The normalized spacial score (nSPS) is 10.6. The van der Waals surface area contributed by atoms with Crippen molar-refractivity contribution in [3.05, 3.63) is 39.9 Å². The number of hydrogen-bond acceptors (Lipinski definition) is 2. The Bertz CT molecular complexity index is 514. The second-order valence-electron chi connectivity index (χ2n) is 3.14. The van der Waals surface area contributed by atoms with Gasteiger partial charge in [-0.3, -0.25) is 9.78 Å². The van der Waals surface area contributed by atoms with E-state index >= 15 is 0 Å². The minimum absolute atomic E-state index is 0.0822. The van der Waals surface area contributed by atoms with E-state index in [4.69, 9.17) is 0 Å². The average Bonchev–Trinajstić information content (AvgIpc) is 2.06. The molecule has 13 heavy (non-hydrogen) atoms. The summed E-state index contributed by atoms with van der Waals surface area (Å²) in [7, 11) is 0. The lowest BCUT2D eigenvalue weighted by molar-refractivity contribution is 1.12. The minimum atomic E-state index is -0.0822. The SMILES string of the molecule is Cc1cc2ccc(=O)[nH]c2c(C)n1. The number of nitrogens with zero attached hydrogens (tertiary/aromatic N) is 1. The highest BCUT2D eigenvalue weighted by atomic mass is 16.1. The van der Waals surface area contributed by atoms with Gasteiger partial charge in [0.15, 0.2) is 0 Å². The van der Waals surface area contributed by atoms with Crippen molar-refractivity contribution in [2.24, 2.45) is 0 Å². The molecule has 0 amide bonds. The zero-order valence-corrected chi connectivity index (χ0v) is 7.59. The Balaban J connectivity index is 2.95. The lowest BCUT2D eigenvalue weighted by Gasteiger charge is -2.01. The third kappa shape index (κ3) is 1.33. The molecule has 0 unspecified atom stereocenters. The molecule has 2 rings (SSSR count). The molecule has 0 bridgehead atoms. The molecule has 66 valence electrons. The van der Waals surface area contributed by atoms with Gasteiger partial charge in [0.2, 0.25) is 5.56 Å². The fraction of sp³-hybridized carbons (Fsp3) is 0.200. The topological polar surface area (TPSA) is 45.8 Å². The number of H-pyrrole nitrogens is 1. The second-order valence-corrected chi connectivity index (χ2v) is 3.14. The molecule has 2 aromatic heterocycles. The van der Waals surface area contributed by atoms with E-state index in [1.54, 1.807) is 0 Å². The van der Waals surface area contributed by atoms with Gasteiger partial charge in [0.25, 0.3) is 0 Å². The molecule has 0 atom stereocenters. The maximum absolute atomic E-state index is 11.0. The second kappa shape index (κ2) is 2.69. The number of hydrogen-bond donors (Lipinski definition) is 1. The number of fused-ring (bicyclic) bond motifs is 1. The summed E-state index contributed by atoms with van der Waals surface area (Å²) in [5, 5.41) is 1.03. The molecule has 0 saturated carbocycles. The summed E-state index contributed by atoms with van der Waals surface area (Å²) < 4.78 is 0. The van der Waals surface area contributed by atoms with Crippen molar-refractivity contribution in [1.29, 1.82) is 0 Å². The van der Waals surface area contributed by atoms with Crippen LogP contribution in [0.3, 0.4) is 0 Å². The van der Waals surface area contributed by atoms with Gasteiger partial charge in [0.1, 0.15) is 0 Å². The maximum Gasteiger partial charge on any atom is 0.248 e. The predicted molar refractivity (Wildman–Crippen MR) is 51.8 cm³/mol. The first-order valence-corrected chi connectivity index (χ1v) is 4.14. The van der Waals surface area contributed by atoms with Crippen LogP contribution < -0.4 is 5.56 Å². The molecule has 0 aliphatic rings. The van der Waals surface area contributed by atoms with E-state index in [2.05, 4.69) is 9.97 Å². The first kappa shape index (κ1) is 7.98. The molecule has 0 saturated heterocycles. The molecule has 2 aromatic rings. The first-order valence-electron chi connectivity index (χ1n) is 4.14. The van der Waals surface area contributed by atoms with Crippen molar-refractivity contribution in [1.82, 2.24) is 9.97 Å². The van der Waals surface area contributed by atoms with Crippen LogP contribution in [0.15, 0.2) is 23.0 Å². The number of pyridine rings is 2. The van der Waals surface area contributed by atoms with Crippen LogP contribution >= 0.6 is 0 Å². The van der Waals surface area contributed by atoms with Gasteiger partial charge in [-0.05, 0) is 26.0 Å². The zero-order valence-electron chi connectivity index (χ0n) is 7.59. The van der Waals surface area contributed by atoms with Gasteiger partial charge in [-0.25, -0.2) is 0 Å². The van der Waals surface area contributed by atoms with Crippen LogP contribution in [0.25, 0.3) is 10.9 Å². The molecule has 0 fully saturated rings. The van der Waals surface area contributed by atoms with Gasteiger partial charge >= 0.3 is 0 Å². The largest absolute Gasteiger partial charge is 0.320 e. The lowest BCUT2D eigenvalue weighted by atomic mass is 10.2. The average molecular weight is 174 g/mol. The van der Waals surface area contributed by atoms with Crippen LogP contribution in [-0.4, -0.2) is 9.97 Å². The number of aromatic amines is 1. The van der Waals surface area contributed by atoms with E-state index in [-0.39, 0.29) is 5.56 Å². The summed E-state index contributed by atoms with van der Waals surface area (Å²) >= 11 is 0. The molecule has 0 radical (unpaired) electrons. The highest BCUT2D eigenvalue weighted by Crippen LogP contribution is 2.12. The number of rotatable bonds is 0. The van der Waals surface area contributed by atoms with E-state index in [0.29, 0.717) is 0 Å². The Labute approximate surface area is 75.4 Å². The maximum atomic E-state index is 11.0. The van der Waals surface area contributed by atoms with Gasteiger partial charge in [0, 0.05) is 17.1 Å². The molecule has 0 aromatic carbocycles. The summed E-state index contributed by atoms with van der Waals surface area (Å²) in [6.45, 7) is 3.84. The first-order chi connectivity index (χ1) is 6.16. The smallest absolute Gasteiger partial charge is 0.248 e. The van der Waals surface area contributed by atoms with Crippen LogP contribution in [0, 0.1) is 13.8 Å². The monoisotopic (exact) mass is 174 g/mol. The quantitative estimate of drug-likeness (QED) is 0.658. The van der Waals surface area contributed by atoms with Crippen LogP contribution in [0.4, 0.5) is 0 Å². The standard InChI is InChI=1S/C10H10N2O/c1-6-5-8-3-4-9(13)12-10(8)7(2)11-6/h3-5H,1-2H3,(H,12,13). The van der Waals surface area contributed by atoms with Gasteiger partial charge in [-0.15, -0.1) is 0 Å². The van der Waals surface area contributed by atoms with E-state index in [0.717, 1.165) is 22.3 Å². The Morgan fingerprint density at radius 2 is 2.08 bits per heavy atom. The molecule has 1 N–H and O–H groups in total. The molecular formula is C10H10N2O. The van der Waals surface area contributed by atoms with Crippen molar-refractivity contribution in [3.63, 3.8) is 0 Å². The third-order valence-corrected chi connectivity index (χ3v) is 2.02. The van der Waals surface area contributed by atoms with Gasteiger partial charge < -0.3 is 4.98 Å². The highest BCUT2D eigenvalue weighted by Gasteiger charge is 1.99. The molecule has 3 heteroatoms. The summed E-state index contributed by atoms with van der Waals surface area (Å²) in [4.78, 5) is 18.1. The highest BCUT2D eigenvalue weighted by molar-refractivity contribution is 5.80. The lowest BCUT2D eigenvalue weighted by Crippen LogP contribution is -2.04. The van der Waals surface area contributed by atoms with Crippen LogP contribution in [0.1, 0.15) is 11.4 Å². The van der Waals surface area contributed by atoms with E-state index in [1.807, 2.05) is 26.0 Å². The molecule has 0 aliphatic heterocycles. The van der Waals surface area contributed by atoms with Crippen LogP contribution in [0.5, 0.6) is 0 Å². The van der Waals surface area contributed by atoms with E-state index in [1.165, 1.54) is 6.07 Å². The third-order valence-electron chi connectivity index (χ3n) is 2.02. The molecule has 3 nitrogen and oxygen atoms in total. The summed E-state index contributed by atoms with van der Waals surface area (Å²) in [6.07, 6.45) is 0. The van der Waals surface area contributed by atoms with Crippen molar-refractivity contribution < 1.29 is 0 Å². The van der Waals surface area contributed by atoms with Gasteiger partial charge in [0.05, 0.1) is 11.2 Å². The Morgan fingerprint density at radius 3 is 2.85 bits per heavy atom. The molecule has 2 heterocycles. The van der Waals surface area contributed by atoms with Crippen molar-refractivity contribution >= 4 is 10.9 Å². The Morgan fingerprint density at radius 1 is 1.31 bits per heavy atom. The van der Waals surface area contributed by atoms with Gasteiger partial charge in [-0.1, -0.05) is 0 Å². The van der Waals surface area contributed by atoms with E-state index in [9.17, 15) is 4.79 Å². The van der Waals surface area contributed by atoms with Gasteiger partial charge in [-0.2, -0.15) is 0 Å². The molecule has 0 aliphatic carbocycles. The fourth-order valence-corrected chi connectivity index (χ4v) is 1.48. The summed E-state index contributed by atoms with van der Waals surface area (Å²) in [5.74, 6) is 0. The summed E-state index contributed by atoms with van der Waals surface area (Å²) in [5.41, 5.74) is 2.59. The van der Waals surface area contributed by atoms with Crippen LogP contribution in [-0.2, 0) is 0 Å². The van der Waals surface area contributed by atoms with Crippen LogP contribution in [0.2, 0.25) is 0 Å². The van der Waals surface area contributed by atoms with E-state index < -0.39 is 0 Å². The molecular weight excluding hydrogens is 164 g/mol. The number of nitrogens with one attached hydrogen (secondary N) is 1. The Kier molecular flexibility index (Phi) is 1.65. The minimum Gasteiger partial charge on any atom is -0.320 e. The van der Waals surface area contributed by atoms with Crippen molar-refractivity contribution in [3.8, 4) is 0 Å². The predicted octanol–water partition coefficient (Wildman–Crippen LogP) is 1.54. The molecule has 0 spiro atoms. The zero-order chi connectivity index (χ0) is 9.42. The Hall–Kier alpha value is -1.64. The number of aryl methyl sites for hydroxylation is 2. The summed E-state index contributed by atoms with van der Waals surface area (Å²) in [6, 6.07) is 5.30. The fourth-order valence-electron chi connectivity index (χ4n) is 1.48. The van der Waals surface area contributed by atoms with Crippen molar-refractivity contribution in [2.45, 2.75) is 13.8 Å².